The quantitative estimate of drug-likeness (QED) is 0.539. The Morgan fingerprint density at radius 2 is 1.78 bits per heavy atom. The molecule has 1 N–H and O–H groups in total. The van der Waals surface area contributed by atoms with Gasteiger partial charge < -0.3 is 19.5 Å². The lowest BCUT2D eigenvalue weighted by Gasteiger charge is -2.36. The second-order valence-electron chi connectivity index (χ2n) is 9.55. The summed E-state index contributed by atoms with van der Waals surface area (Å²) in [6.45, 7) is 3.83. The summed E-state index contributed by atoms with van der Waals surface area (Å²) in [6, 6.07) is 10.9. The van der Waals surface area contributed by atoms with Gasteiger partial charge in [-0.05, 0) is 54.9 Å². The summed E-state index contributed by atoms with van der Waals surface area (Å²) >= 11 is 0. The molecule has 0 bridgehead atoms. The second kappa shape index (κ2) is 10.1. The third-order valence-electron chi connectivity index (χ3n) is 7.24. The molecule has 2 aromatic carbocycles. The lowest BCUT2D eigenvalue weighted by atomic mass is 10.1. The van der Waals surface area contributed by atoms with E-state index >= 15 is 0 Å². The van der Waals surface area contributed by atoms with Crippen molar-refractivity contribution in [3.8, 4) is 5.75 Å². The number of aromatic nitrogens is 1. The van der Waals surface area contributed by atoms with Crippen molar-refractivity contribution in [2.24, 2.45) is 0 Å². The molecule has 0 saturated carbocycles. The zero-order valence-electron chi connectivity index (χ0n) is 20.6. The fraction of sp³-hybridized carbons (Fsp3) is 0.407. The molecule has 0 radical (unpaired) electrons. The number of halogens is 3. The molecule has 2 aliphatic heterocycles. The SMILES string of the molecule is COc1ccc2[nH]c(=O)c3c(c2c1)CN(CCCC(=O)N1CCN(c2cccc(C(F)(F)F)c2)CC1)C3. The van der Waals surface area contributed by atoms with Crippen LogP contribution in [-0.4, -0.2) is 60.5 Å². The van der Waals surface area contributed by atoms with E-state index in [0.29, 0.717) is 64.3 Å². The molecule has 2 aliphatic rings. The van der Waals surface area contributed by atoms with Crippen LogP contribution in [0.4, 0.5) is 18.9 Å². The van der Waals surface area contributed by atoms with E-state index in [2.05, 4.69) is 9.88 Å². The fourth-order valence-electron chi connectivity index (χ4n) is 5.22. The van der Waals surface area contributed by atoms with Gasteiger partial charge in [0.05, 0.1) is 12.7 Å². The van der Waals surface area contributed by atoms with E-state index in [0.717, 1.165) is 39.9 Å². The molecular formula is C27H29F3N4O3. The number of fused-ring (bicyclic) bond motifs is 3. The topological polar surface area (TPSA) is 68.9 Å². The third-order valence-corrected chi connectivity index (χ3v) is 7.24. The number of nitrogens with one attached hydrogen (secondary N) is 1. The summed E-state index contributed by atoms with van der Waals surface area (Å²) in [5.74, 6) is 0.785. The maximum Gasteiger partial charge on any atom is 0.416 e. The molecular weight excluding hydrogens is 485 g/mol. The van der Waals surface area contributed by atoms with Gasteiger partial charge in [0.25, 0.3) is 5.56 Å². The van der Waals surface area contributed by atoms with Gasteiger partial charge in [0.2, 0.25) is 5.91 Å². The number of ether oxygens (including phenoxy) is 1. The Morgan fingerprint density at radius 3 is 2.51 bits per heavy atom. The van der Waals surface area contributed by atoms with Crippen molar-refractivity contribution in [2.45, 2.75) is 32.1 Å². The van der Waals surface area contributed by atoms with Crippen LogP contribution < -0.4 is 15.2 Å². The van der Waals surface area contributed by atoms with Gasteiger partial charge in [0.15, 0.2) is 0 Å². The largest absolute Gasteiger partial charge is 0.497 e. The minimum absolute atomic E-state index is 0.0495. The first-order valence-corrected chi connectivity index (χ1v) is 12.4. The average Bonchev–Trinajstić information content (AvgIpc) is 3.33. The highest BCUT2D eigenvalue weighted by Gasteiger charge is 2.31. The summed E-state index contributed by atoms with van der Waals surface area (Å²) in [7, 11) is 1.61. The third kappa shape index (κ3) is 5.29. The molecule has 0 aliphatic carbocycles. The second-order valence-corrected chi connectivity index (χ2v) is 9.55. The first-order valence-electron chi connectivity index (χ1n) is 12.4. The Kier molecular flexibility index (Phi) is 6.85. The number of alkyl halides is 3. The Morgan fingerprint density at radius 1 is 1.03 bits per heavy atom. The van der Waals surface area contributed by atoms with Gasteiger partial charge in [-0.3, -0.25) is 14.5 Å². The predicted molar refractivity (Wildman–Crippen MR) is 135 cm³/mol. The van der Waals surface area contributed by atoms with Crippen molar-refractivity contribution < 1.29 is 22.7 Å². The van der Waals surface area contributed by atoms with E-state index in [9.17, 15) is 22.8 Å². The Hall–Kier alpha value is -3.53. The lowest BCUT2D eigenvalue weighted by molar-refractivity contribution is -0.137. The number of hydrogen-bond donors (Lipinski definition) is 1. The normalized spacial score (nSPS) is 16.3. The van der Waals surface area contributed by atoms with E-state index in [1.165, 1.54) is 6.07 Å². The van der Waals surface area contributed by atoms with E-state index in [1.807, 2.05) is 23.1 Å². The van der Waals surface area contributed by atoms with Crippen molar-refractivity contribution in [3.05, 3.63) is 69.5 Å². The van der Waals surface area contributed by atoms with Crippen LogP contribution in [0, 0.1) is 0 Å². The highest BCUT2D eigenvalue weighted by molar-refractivity contribution is 5.85. The summed E-state index contributed by atoms with van der Waals surface area (Å²) < 4.78 is 44.4. The number of hydrogen-bond acceptors (Lipinski definition) is 5. The van der Waals surface area contributed by atoms with E-state index in [-0.39, 0.29) is 11.5 Å². The minimum atomic E-state index is -4.38. The predicted octanol–water partition coefficient (Wildman–Crippen LogP) is 4.00. The van der Waals surface area contributed by atoms with Crippen molar-refractivity contribution >= 4 is 22.5 Å². The number of pyridine rings is 1. The molecule has 1 amide bonds. The summed E-state index contributed by atoms with van der Waals surface area (Å²) in [5, 5.41) is 0.978. The standard InChI is InChI=1S/C27H29F3N4O3/c1-37-20-7-8-24-21(15-20)22-16-32(17-23(22)26(36)31-24)9-3-6-25(35)34-12-10-33(11-13-34)19-5-2-4-18(14-19)27(28,29)30/h2,4-5,7-8,14-15H,3,6,9-13,16-17H2,1H3,(H,31,36). The van der Waals surface area contributed by atoms with Crippen molar-refractivity contribution in [3.63, 3.8) is 0 Å². The van der Waals surface area contributed by atoms with Crippen LogP contribution in [0.15, 0.2) is 47.3 Å². The lowest BCUT2D eigenvalue weighted by Crippen LogP contribution is -2.48. The number of piperazine rings is 1. The number of carbonyl (C=O) groups excluding carboxylic acids is 1. The number of amides is 1. The number of H-pyrrole nitrogens is 1. The van der Waals surface area contributed by atoms with E-state index in [1.54, 1.807) is 18.1 Å². The van der Waals surface area contributed by atoms with Gasteiger partial charge in [-0.1, -0.05) is 6.07 Å². The number of rotatable bonds is 6. The van der Waals surface area contributed by atoms with Crippen molar-refractivity contribution in [1.29, 1.82) is 0 Å². The van der Waals surface area contributed by atoms with Gasteiger partial charge >= 0.3 is 6.18 Å². The molecule has 37 heavy (non-hydrogen) atoms. The summed E-state index contributed by atoms with van der Waals surface area (Å²) in [6.07, 6.45) is -3.32. The molecule has 3 heterocycles. The molecule has 3 aromatic rings. The molecule has 0 atom stereocenters. The Labute approximate surface area is 212 Å². The number of nitrogens with zero attached hydrogens (tertiary/aromatic N) is 3. The van der Waals surface area contributed by atoms with Crippen molar-refractivity contribution in [1.82, 2.24) is 14.8 Å². The Balaban J connectivity index is 1.13. The highest BCUT2D eigenvalue weighted by Crippen LogP contribution is 2.32. The number of anilines is 1. The van der Waals surface area contributed by atoms with Crippen LogP contribution in [-0.2, 0) is 24.1 Å². The zero-order valence-corrected chi connectivity index (χ0v) is 20.6. The number of methoxy groups -OCH3 is 1. The van der Waals surface area contributed by atoms with Crippen LogP contribution in [0.2, 0.25) is 0 Å². The first kappa shape index (κ1) is 25.1. The fourth-order valence-corrected chi connectivity index (χ4v) is 5.22. The van der Waals surface area contributed by atoms with Gasteiger partial charge in [-0.15, -0.1) is 0 Å². The van der Waals surface area contributed by atoms with Crippen molar-refractivity contribution in [2.75, 3.05) is 44.7 Å². The smallest absolute Gasteiger partial charge is 0.416 e. The molecule has 10 heteroatoms. The van der Waals surface area contributed by atoms with Crippen LogP contribution in [0.25, 0.3) is 10.9 Å². The van der Waals surface area contributed by atoms with Crippen LogP contribution in [0.1, 0.15) is 29.5 Å². The number of carbonyl (C=O) groups is 1. The van der Waals surface area contributed by atoms with Crippen LogP contribution >= 0.6 is 0 Å². The summed E-state index contributed by atoms with van der Waals surface area (Å²) in [4.78, 5) is 34.2. The molecule has 1 aromatic heterocycles. The Bertz CT molecular complexity index is 1360. The van der Waals surface area contributed by atoms with Crippen LogP contribution in [0.3, 0.4) is 0 Å². The maximum absolute atomic E-state index is 13.0. The zero-order chi connectivity index (χ0) is 26.2. The number of aromatic amines is 1. The van der Waals surface area contributed by atoms with Gasteiger partial charge in [-0.25, -0.2) is 0 Å². The van der Waals surface area contributed by atoms with Gasteiger partial charge in [0, 0.05) is 67.8 Å². The monoisotopic (exact) mass is 514 g/mol. The molecule has 196 valence electrons. The van der Waals surface area contributed by atoms with E-state index in [4.69, 9.17) is 4.74 Å². The molecule has 1 saturated heterocycles. The molecule has 0 spiro atoms. The minimum Gasteiger partial charge on any atom is -0.497 e. The first-order chi connectivity index (χ1) is 17.7. The highest BCUT2D eigenvalue weighted by atomic mass is 19.4. The maximum atomic E-state index is 13.0. The average molecular weight is 515 g/mol. The van der Waals surface area contributed by atoms with Gasteiger partial charge in [0.1, 0.15) is 5.75 Å². The molecule has 7 nitrogen and oxygen atoms in total. The van der Waals surface area contributed by atoms with Crippen LogP contribution in [0.5, 0.6) is 5.75 Å². The van der Waals surface area contributed by atoms with Gasteiger partial charge in [-0.2, -0.15) is 13.2 Å². The number of benzene rings is 2. The molecule has 5 rings (SSSR count). The molecule has 0 unspecified atom stereocenters. The summed E-state index contributed by atoms with van der Waals surface area (Å²) in [5.41, 5.74) is 2.33. The van der Waals surface area contributed by atoms with E-state index < -0.39 is 11.7 Å². The molecule has 1 fully saturated rings.